The summed E-state index contributed by atoms with van der Waals surface area (Å²) in [5.41, 5.74) is 2.66. The monoisotopic (exact) mass is 401 g/mol. The first-order chi connectivity index (χ1) is 14.2. The van der Waals surface area contributed by atoms with E-state index < -0.39 is 0 Å². The van der Waals surface area contributed by atoms with Crippen molar-refractivity contribution in [3.05, 3.63) is 95.6 Å². The van der Waals surface area contributed by atoms with Gasteiger partial charge in [0.05, 0.1) is 17.9 Å². The van der Waals surface area contributed by atoms with Gasteiger partial charge in [0.2, 0.25) is 0 Å². The summed E-state index contributed by atoms with van der Waals surface area (Å²) < 4.78 is 5.73. The fourth-order valence-electron chi connectivity index (χ4n) is 2.65. The van der Waals surface area contributed by atoms with Gasteiger partial charge >= 0.3 is 0 Å². The maximum absolute atomic E-state index is 12.4. The zero-order valence-corrected chi connectivity index (χ0v) is 16.4. The lowest BCUT2D eigenvalue weighted by atomic mass is 10.2. The molecule has 3 aromatic carbocycles. The molecule has 0 fully saturated rings. The van der Waals surface area contributed by atoms with E-state index in [1.165, 1.54) is 5.56 Å². The Morgan fingerprint density at radius 1 is 0.966 bits per heavy atom. The van der Waals surface area contributed by atoms with Crippen LogP contribution in [-0.2, 0) is 6.42 Å². The first-order valence-corrected chi connectivity index (χ1v) is 9.45. The summed E-state index contributed by atoms with van der Waals surface area (Å²) in [5, 5.41) is 14.7. The Balaban J connectivity index is 1.50. The van der Waals surface area contributed by atoms with Gasteiger partial charge in [0.1, 0.15) is 11.8 Å². The highest BCUT2D eigenvalue weighted by Gasteiger charge is 2.09. The Labute approximate surface area is 174 Å². The van der Waals surface area contributed by atoms with E-state index in [1.54, 1.807) is 48.5 Å². The number of benzene rings is 3. The van der Waals surface area contributed by atoms with Crippen molar-refractivity contribution in [1.82, 2.24) is 5.32 Å². The van der Waals surface area contributed by atoms with E-state index in [0.717, 1.165) is 6.42 Å². The van der Waals surface area contributed by atoms with Crippen LogP contribution in [0.4, 0.5) is 5.69 Å². The van der Waals surface area contributed by atoms with Crippen molar-refractivity contribution >= 4 is 28.9 Å². The highest BCUT2D eigenvalue weighted by atomic mass is 32.1. The number of carbonyl (C=O) groups is 1. The third-order valence-electron chi connectivity index (χ3n) is 4.14. The lowest BCUT2D eigenvalue weighted by Gasteiger charge is -2.11. The number of hydrogen-bond acceptors (Lipinski definition) is 4. The van der Waals surface area contributed by atoms with Gasteiger partial charge in [0, 0.05) is 12.0 Å². The third kappa shape index (κ3) is 5.89. The molecule has 0 spiro atoms. The Bertz CT molecular complexity index is 1030. The number of ether oxygens (including phenoxy) is 1. The van der Waals surface area contributed by atoms with E-state index in [1.807, 2.05) is 18.2 Å². The molecule has 0 aliphatic carbocycles. The van der Waals surface area contributed by atoms with E-state index in [4.69, 9.17) is 22.2 Å². The maximum Gasteiger partial charge on any atom is 0.257 e. The molecule has 3 aromatic rings. The van der Waals surface area contributed by atoms with Crippen LogP contribution in [-0.4, -0.2) is 17.6 Å². The van der Waals surface area contributed by atoms with Crippen molar-refractivity contribution in [3.63, 3.8) is 0 Å². The first kappa shape index (κ1) is 20.1. The molecule has 6 heteroatoms. The number of anilines is 1. The average Bonchev–Trinajstić information content (AvgIpc) is 2.75. The molecular weight excluding hydrogens is 382 g/mol. The number of para-hydroxylation sites is 1. The van der Waals surface area contributed by atoms with Gasteiger partial charge in [-0.05, 0) is 54.2 Å². The van der Waals surface area contributed by atoms with Crippen LogP contribution in [0, 0.1) is 11.3 Å². The number of nitriles is 1. The van der Waals surface area contributed by atoms with Crippen molar-refractivity contribution in [2.45, 2.75) is 6.42 Å². The van der Waals surface area contributed by atoms with Crippen LogP contribution in [0.25, 0.3) is 0 Å². The fraction of sp³-hybridized carbons (Fsp3) is 0.0870. The van der Waals surface area contributed by atoms with Crippen LogP contribution < -0.4 is 15.4 Å². The van der Waals surface area contributed by atoms with Crippen molar-refractivity contribution in [3.8, 4) is 11.8 Å². The normalized spacial score (nSPS) is 9.90. The molecular formula is C23H19N3O2S. The summed E-state index contributed by atoms with van der Waals surface area (Å²) in [5.74, 6) is 0.355. The van der Waals surface area contributed by atoms with Crippen LogP contribution in [0.15, 0.2) is 78.9 Å². The molecule has 0 saturated heterocycles. The predicted molar refractivity (Wildman–Crippen MR) is 117 cm³/mol. The highest BCUT2D eigenvalue weighted by molar-refractivity contribution is 7.80. The minimum atomic E-state index is -0.340. The number of nitrogens with one attached hydrogen (secondary N) is 2. The summed E-state index contributed by atoms with van der Waals surface area (Å²) in [7, 11) is 0. The second-order valence-electron chi connectivity index (χ2n) is 6.17. The molecule has 0 atom stereocenters. The zero-order valence-electron chi connectivity index (χ0n) is 15.6. The van der Waals surface area contributed by atoms with Gasteiger partial charge in [-0.3, -0.25) is 10.1 Å². The SMILES string of the molecule is N#Cc1ccccc1NC(=S)NC(=O)c1ccc(OCCc2ccccc2)cc1. The van der Waals surface area contributed by atoms with Gasteiger partial charge in [-0.1, -0.05) is 42.5 Å². The summed E-state index contributed by atoms with van der Waals surface area (Å²) in [6, 6.07) is 26.0. The molecule has 3 rings (SSSR count). The van der Waals surface area contributed by atoms with E-state index in [-0.39, 0.29) is 11.0 Å². The van der Waals surface area contributed by atoms with Crippen LogP contribution >= 0.6 is 12.2 Å². The number of hydrogen-bond donors (Lipinski definition) is 2. The molecule has 1 amide bonds. The van der Waals surface area contributed by atoms with Gasteiger partial charge in [-0.15, -0.1) is 0 Å². The van der Waals surface area contributed by atoms with Crippen molar-refractivity contribution in [1.29, 1.82) is 5.26 Å². The lowest BCUT2D eigenvalue weighted by molar-refractivity contribution is 0.0977. The molecule has 5 nitrogen and oxygen atoms in total. The van der Waals surface area contributed by atoms with Gasteiger partial charge in [0.15, 0.2) is 5.11 Å². The molecule has 144 valence electrons. The van der Waals surface area contributed by atoms with Gasteiger partial charge in [-0.25, -0.2) is 0 Å². The van der Waals surface area contributed by atoms with Crippen molar-refractivity contribution < 1.29 is 9.53 Å². The Kier molecular flexibility index (Phi) is 6.93. The van der Waals surface area contributed by atoms with E-state index in [0.29, 0.717) is 29.2 Å². The predicted octanol–water partition coefficient (Wildman–Crippen LogP) is 4.31. The number of carbonyl (C=O) groups excluding carboxylic acids is 1. The zero-order chi connectivity index (χ0) is 20.5. The van der Waals surface area contributed by atoms with Gasteiger partial charge in [0.25, 0.3) is 5.91 Å². The summed E-state index contributed by atoms with van der Waals surface area (Å²) in [6.07, 6.45) is 0.813. The molecule has 0 aliphatic rings. The van der Waals surface area contributed by atoms with E-state index in [2.05, 4.69) is 28.8 Å². The van der Waals surface area contributed by atoms with Crippen LogP contribution in [0.5, 0.6) is 5.75 Å². The Morgan fingerprint density at radius 3 is 2.38 bits per heavy atom. The molecule has 0 aromatic heterocycles. The fourth-order valence-corrected chi connectivity index (χ4v) is 2.86. The topological polar surface area (TPSA) is 74.2 Å². The van der Waals surface area contributed by atoms with Crippen molar-refractivity contribution in [2.24, 2.45) is 0 Å². The molecule has 2 N–H and O–H groups in total. The lowest BCUT2D eigenvalue weighted by Crippen LogP contribution is -2.34. The molecule has 0 heterocycles. The number of thiocarbonyl (C=S) groups is 1. The number of amides is 1. The maximum atomic E-state index is 12.4. The van der Waals surface area contributed by atoms with Crippen LogP contribution in [0.2, 0.25) is 0 Å². The van der Waals surface area contributed by atoms with Gasteiger partial charge < -0.3 is 10.1 Å². The molecule has 0 bridgehead atoms. The van der Waals surface area contributed by atoms with E-state index in [9.17, 15) is 4.79 Å². The molecule has 0 saturated carbocycles. The molecule has 0 aliphatic heterocycles. The quantitative estimate of drug-likeness (QED) is 0.602. The van der Waals surface area contributed by atoms with Gasteiger partial charge in [-0.2, -0.15) is 5.26 Å². The summed E-state index contributed by atoms with van der Waals surface area (Å²) in [6.45, 7) is 0.557. The first-order valence-electron chi connectivity index (χ1n) is 9.04. The standard InChI is InChI=1S/C23H19N3O2S/c24-16-19-8-4-5-9-21(19)25-23(29)26-22(27)18-10-12-20(13-11-18)28-15-14-17-6-2-1-3-7-17/h1-13H,14-15H2,(H2,25,26,27,29). The van der Waals surface area contributed by atoms with Crippen molar-refractivity contribution in [2.75, 3.05) is 11.9 Å². The minimum Gasteiger partial charge on any atom is -0.493 e. The second-order valence-corrected chi connectivity index (χ2v) is 6.58. The number of rotatable bonds is 6. The van der Waals surface area contributed by atoms with Crippen LogP contribution in [0.1, 0.15) is 21.5 Å². The Morgan fingerprint density at radius 2 is 1.66 bits per heavy atom. The third-order valence-corrected chi connectivity index (χ3v) is 4.35. The molecule has 0 radical (unpaired) electrons. The molecule has 29 heavy (non-hydrogen) atoms. The highest BCUT2D eigenvalue weighted by Crippen LogP contribution is 2.15. The second kappa shape index (κ2) is 10.0. The average molecular weight is 401 g/mol. The molecule has 0 unspecified atom stereocenters. The van der Waals surface area contributed by atoms with Crippen LogP contribution in [0.3, 0.4) is 0 Å². The Hall–Kier alpha value is -3.69. The minimum absolute atomic E-state index is 0.126. The largest absolute Gasteiger partial charge is 0.493 e. The summed E-state index contributed by atoms with van der Waals surface area (Å²) in [4.78, 5) is 12.4. The van der Waals surface area contributed by atoms with E-state index >= 15 is 0 Å². The smallest absolute Gasteiger partial charge is 0.257 e. The number of nitrogens with zero attached hydrogens (tertiary/aromatic N) is 1. The summed E-state index contributed by atoms with van der Waals surface area (Å²) >= 11 is 5.17.